The Morgan fingerprint density at radius 1 is 1.17 bits per heavy atom. The second-order valence-corrected chi connectivity index (χ2v) is 10.4. The highest BCUT2D eigenvalue weighted by Gasteiger charge is 2.32. The lowest BCUT2D eigenvalue weighted by Gasteiger charge is -2.31. The van der Waals surface area contributed by atoms with Crippen molar-refractivity contribution >= 4 is 27.5 Å². The van der Waals surface area contributed by atoms with Crippen molar-refractivity contribution in [2.24, 2.45) is 5.92 Å². The number of amides is 1. The van der Waals surface area contributed by atoms with Gasteiger partial charge in [-0.3, -0.25) is 4.79 Å². The van der Waals surface area contributed by atoms with Crippen molar-refractivity contribution in [1.29, 1.82) is 0 Å². The van der Waals surface area contributed by atoms with Crippen LogP contribution in [0.4, 0.5) is 0 Å². The Bertz CT molecular complexity index is 978. The molecule has 0 aromatic heterocycles. The van der Waals surface area contributed by atoms with Crippen molar-refractivity contribution in [3.05, 3.63) is 70.2 Å². The zero-order valence-corrected chi connectivity index (χ0v) is 18.9. The summed E-state index contributed by atoms with van der Waals surface area (Å²) >= 11 is 5.97. The van der Waals surface area contributed by atoms with Crippen LogP contribution >= 0.6 is 11.6 Å². The third-order valence-corrected chi connectivity index (χ3v) is 7.46. The van der Waals surface area contributed by atoms with Crippen molar-refractivity contribution in [3.8, 4) is 0 Å². The summed E-state index contributed by atoms with van der Waals surface area (Å²) in [5.74, 6) is -0.452. The van der Waals surface area contributed by atoms with Crippen LogP contribution in [0.1, 0.15) is 36.0 Å². The number of carbonyl (C=O) groups excluding carboxylic acids is 1. The lowest BCUT2D eigenvalue weighted by molar-refractivity contribution is -0.126. The second kappa shape index (κ2) is 10.4. The molecule has 1 saturated heterocycles. The van der Waals surface area contributed by atoms with Crippen LogP contribution in [0.3, 0.4) is 0 Å². The van der Waals surface area contributed by atoms with Crippen LogP contribution in [0, 0.1) is 12.8 Å². The Morgan fingerprint density at radius 2 is 1.93 bits per heavy atom. The molecule has 7 heteroatoms. The molecule has 0 spiro atoms. The van der Waals surface area contributed by atoms with E-state index in [1.165, 1.54) is 15.4 Å². The number of hydrogen-bond donors (Lipinski definition) is 1. The number of nitrogens with zero attached hydrogens (tertiary/aromatic N) is 1. The summed E-state index contributed by atoms with van der Waals surface area (Å²) in [5.41, 5.74) is 3.16. The topological polar surface area (TPSA) is 66.5 Å². The van der Waals surface area contributed by atoms with Gasteiger partial charge in [-0.05, 0) is 55.9 Å². The highest BCUT2D eigenvalue weighted by Crippen LogP contribution is 2.22. The predicted octanol–water partition coefficient (Wildman–Crippen LogP) is 3.94. The van der Waals surface area contributed by atoms with Gasteiger partial charge in [0, 0.05) is 24.7 Å². The van der Waals surface area contributed by atoms with Crippen LogP contribution in [-0.4, -0.2) is 38.3 Å². The maximum Gasteiger partial charge on any atom is 0.224 e. The fourth-order valence-corrected chi connectivity index (χ4v) is 5.66. The zero-order valence-electron chi connectivity index (χ0n) is 17.3. The van der Waals surface area contributed by atoms with Crippen LogP contribution < -0.4 is 5.32 Å². The summed E-state index contributed by atoms with van der Waals surface area (Å²) < 4.78 is 27.1. The lowest BCUT2D eigenvalue weighted by Crippen LogP contribution is -2.45. The van der Waals surface area contributed by atoms with Gasteiger partial charge < -0.3 is 5.32 Å². The van der Waals surface area contributed by atoms with E-state index in [1.807, 2.05) is 6.07 Å². The molecule has 162 valence electrons. The minimum absolute atomic E-state index is 0.0538. The van der Waals surface area contributed by atoms with E-state index in [-0.39, 0.29) is 24.1 Å². The zero-order chi connectivity index (χ0) is 21.6. The van der Waals surface area contributed by atoms with E-state index >= 15 is 0 Å². The average molecular weight is 449 g/mol. The quantitative estimate of drug-likeness (QED) is 0.622. The van der Waals surface area contributed by atoms with Gasteiger partial charge in [0.05, 0.1) is 11.7 Å². The van der Waals surface area contributed by atoms with E-state index in [0.717, 1.165) is 12.8 Å². The Kier molecular flexibility index (Phi) is 7.92. The molecule has 0 bridgehead atoms. The van der Waals surface area contributed by atoms with Crippen LogP contribution in [0.5, 0.6) is 0 Å². The number of hydrogen-bond acceptors (Lipinski definition) is 3. The van der Waals surface area contributed by atoms with Gasteiger partial charge in [-0.1, -0.05) is 53.6 Å². The molecular formula is C23H29ClN2O3S. The SMILES string of the molecule is Cc1cccc(CCCNC(=O)[C@@H]2CCCN(S(=O)(=O)Cc3cccc(Cl)c3)C2)c1. The molecule has 0 unspecified atom stereocenters. The molecule has 0 saturated carbocycles. The van der Waals surface area contributed by atoms with E-state index in [1.54, 1.807) is 24.3 Å². The summed E-state index contributed by atoms with van der Waals surface area (Å²) in [7, 11) is -3.49. The minimum Gasteiger partial charge on any atom is -0.356 e. The van der Waals surface area contributed by atoms with E-state index < -0.39 is 10.0 Å². The maximum absolute atomic E-state index is 12.8. The van der Waals surface area contributed by atoms with E-state index in [2.05, 4.69) is 30.4 Å². The lowest BCUT2D eigenvalue weighted by atomic mass is 9.98. The van der Waals surface area contributed by atoms with Crippen molar-refractivity contribution in [3.63, 3.8) is 0 Å². The summed E-state index contributed by atoms with van der Waals surface area (Å²) in [6.07, 6.45) is 3.18. The summed E-state index contributed by atoms with van der Waals surface area (Å²) in [6.45, 7) is 3.37. The van der Waals surface area contributed by atoms with Crippen molar-refractivity contribution in [1.82, 2.24) is 9.62 Å². The van der Waals surface area contributed by atoms with Crippen LogP contribution in [0.15, 0.2) is 48.5 Å². The summed E-state index contributed by atoms with van der Waals surface area (Å²) in [4.78, 5) is 12.6. The molecule has 2 aromatic rings. The van der Waals surface area contributed by atoms with Crippen LogP contribution in [0.25, 0.3) is 0 Å². The molecule has 0 aliphatic carbocycles. The molecule has 1 atom stereocenters. The third kappa shape index (κ3) is 6.56. The van der Waals surface area contributed by atoms with Crippen LogP contribution in [0.2, 0.25) is 5.02 Å². The van der Waals surface area contributed by atoms with Crippen LogP contribution in [-0.2, 0) is 27.0 Å². The van der Waals surface area contributed by atoms with Gasteiger partial charge in [0.15, 0.2) is 0 Å². The Hall–Kier alpha value is -1.89. The van der Waals surface area contributed by atoms with Crippen molar-refractivity contribution in [2.45, 2.75) is 38.4 Å². The molecular weight excluding hydrogens is 420 g/mol. The largest absolute Gasteiger partial charge is 0.356 e. The molecule has 30 heavy (non-hydrogen) atoms. The van der Waals surface area contributed by atoms with E-state index in [9.17, 15) is 13.2 Å². The number of carbonyl (C=O) groups is 1. The maximum atomic E-state index is 12.8. The standard InChI is InChI=1S/C23H29ClN2O3S/c1-18-6-2-7-19(14-18)9-4-12-25-23(27)21-10-5-13-26(16-21)30(28,29)17-20-8-3-11-22(24)15-20/h2-3,6-8,11,14-15,21H,4-5,9-10,12-13,16-17H2,1H3,(H,25,27)/t21-/m1/s1. The number of sulfonamides is 1. The van der Waals surface area contributed by atoms with Gasteiger partial charge in [-0.15, -0.1) is 0 Å². The molecule has 1 aliphatic heterocycles. The summed E-state index contributed by atoms with van der Waals surface area (Å²) in [6, 6.07) is 15.3. The normalized spacial score (nSPS) is 17.6. The highest BCUT2D eigenvalue weighted by molar-refractivity contribution is 7.88. The molecule has 1 heterocycles. The van der Waals surface area contributed by atoms with Gasteiger partial charge in [-0.25, -0.2) is 12.7 Å². The number of halogens is 1. The summed E-state index contributed by atoms with van der Waals surface area (Å²) in [5, 5.41) is 3.51. The number of aryl methyl sites for hydroxylation is 2. The molecule has 1 N–H and O–H groups in total. The minimum atomic E-state index is -3.49. The third-order valence-electron chi connectivity index (χ3n) is 5.41. The molecule has 1 amide bonds. The first kappa shape index (κ1) is 22.8. The molecule has 1 fully saturated rings. The monoisotopic (exact) mass is 448 g/mol. The number of rotatable bonds is 8. The Labute approximate surface area is 184 Å². The molecule has 1 aliphatic rings. The second-order valence-electron chi connectivity index (χ2n) is 7.97. The van der Waals surface area contributed by atoms with Gasteiger partial charge in [0.1, 0.15) is 0 Å². The van der Waals surface area contributed by atoms with Gasteiger partial charge in [0.2, 0.25) is 15.9 Å². The average Bonchev–Trinajstić information content (AvgIpc) is 2.71. The van der Waals surface area contributed by atoms with Gasteiger partial charge in [0.25, 0.3) is 0 Å². The van der Waals surface area contributed by atoms with E-state index in [0.29, 0.717) is 36.5 Å². The van der Waals surface area contributed by atoms with E-state index in [4.69, 9.17) is 11.6 Å². The van der Waals surface area contributed by atoms with Gasteiger partial charge in [-0.2, -0.15) is 0 Å². The molecule has 0 radical (unpaired) electrons. The fraction of sp³-hybridized carbons (Fsp3) is 0.435. The van der Waals surface area contributed by atoms with Crippen molar-refractivity contribution < 1.29 is 13.2 Å². The molecule has 5 nitrogen and oxygen atoms in total. The first-order chi connectivity index (χ1) is 14.3. The smallest absolute Gasteiger partial charge is 0.224 e. The number of nitrogens with one attached hydrogen (secondary N) is 1. The Morgan fingerprint density at radius 3 is 2.70 bits per heavy atom. The van der Waals surface area contributed by atoms with Crippen molar-refractivity contribution in [2.75, 3.05) is 19.6 Å². The Balaban J connectivity index is 1.49. The molecule has 2 aromatic carbocycles. The first-order valence-electron chi connectivity index (χ1n) is 10.4. The van der Waals surface area contributed by atoms with Gasteiger partial charge >= 0.3 is 0 Å². The highest BCUT2D eigenvalue weighted by atomic mass is 35.5. The number of piperidine rings is 1. The fourth-order valence-electron chi connectivity index (χ4n) is 3.85. The number of benzene rings is 2. The molecule has 3 rings (SSSR count). The first-order valence-corrected chi connectivity index (χ1v) is 12.4. The predicted molar refractivity (Wildman–Crippen MR) is 121 cm³/mol.